The maximum absolute atomic E-state index is 6.14. The molecule has 1 unspecified atom stereocenters. The average Bonchev–Trinajstić information content (AvgIpc) is 2.16. The Morgan fingerprint density at radius 2 is 2.07 bits per heavy atom. The van der Waals surface area contributed by atoms with E-state index in [1.165, 1.54) is 0 Å². The molecule has 1 saturated heterocycles. The van der Waals surface area contributed by atoms with Gasteiger partial charge in [-0.3, -0.25) is 4.90 Å². The topological polar surface area (TPSA) is 29.3 Å². The molecule has 1 aliphatic rings. The van der Waals surface area contributed by atoms with Crippen LogP contribution in [0.1, 0.15) is 18.5 Å². The SMILES string of the molecule is CC(c1cc(Cl)ccc1Cl)N1CC(N)C1. The minimum Gasteiger partial charge on any atom is -0.325 e. The van der Waals surface area contributed by atoms with Gasteiger partial charge in [-0.15, -0.1) is 0 Å². The molecular formula is C11H14Cl2N2. The summed E-state index contributed by atoms with van der Waals surface area (Å²) >= 11 is 12.1. The minimum absolute atomic E-state index is 0.288. The Kier molecular flexibility index (Phi) is 3.21. The first kappa shape index (κ1) is 11.2. The number of nitrogens with zero attached hydrogens (tertiary/aromatic N) is 1. The summed E-state index contributed by atoms with van der Waals surface area (Å²) in [4.78, 5) is 2.29. The highest BCUT2D eigenvalue weighted by molar-refractivity contribution is 6.33. The maximum Gasteiger partial charge on any atom is 0.0454 e. The largest absolute Gasteiger partial charge is 0.325 e. The van der Waals surface area contributed by atoms with Crippen LogP contribution in [0.25, 0.3) is 0 Å². The second kappa shape index (κ2) is 4.30. The van der Waals surface area contributed by atoms with Crippen molar-refractivity contribution in [1.29, 1.82) is 0 Å². The number of likely N-dealkylation sites (tertiary alicyclic amines) is 1. The van der Waals surface area contributed by atoms with Gasteiger partial charge in [-0.1, -0.05) is 23.2 Å². The first-order chi connectivity index (χ1) is 7.08. The van der Waals surface area contributed by atoms with Crippen molar-refractivity contribution >= 4 is 23.2 Å². The van der Waals surface area contributed by atoms with Gasteiger partial charge < -0.3 is 5.73 Å². The Hall–Kier alpha value is -0.280. The molecule has 82 valence electrons. The monoisotopic (exact) mass is 244 g/mol. The molecule has 0 saturated carbocycles. The number of benzene rings is 1. The number of hydrogen-bond acceptors (Lipinski definition) is 2. The Labute approximate surface area is 100.0 Å². The van der Waals surface area contributed by atoms with Crippen LogP contribution >= 0.6 is 23.2 Å². The molecule has 1 aliphatic heterocycles. The molecule has 1 fully saturated rings. The highest BCUT2D eigenvalue weighted by Gasteiger charge is 2.29. The standard InChI is InChI=1S/C11H14Cl2N2/c1-7(15-5-9(14)6-15)10-4-8(12)2-3-11(10)13/h2-4,7,9H,5-6,14H2,1H3. The zero-order chi connectivity index (χ0) is 11.0. The summed E-state index contributed by atoms with van der Waals surface area (Å²) in [5, 5.41) is 1.50. The van der Waals surface area contributed by atoms with Crippen molar-refractivity contribution in [2.24, 2.45) is 5.73 Å². The average molecular weight is 245 g/mol. The molecule has 2 nitrogen and oxygen atoms in total. The van der Waals surface area contributed by atoms with Crippen molar-refractivity contribution in [1.82, 2.24) is 4.90 Å². The number of rotatable bonds is 2. The fraction of sp³-hybridized carbons (Fsp3) is 0.455. The van der Waals surface area contributed by atoms with Gasteiger partial charge in [0.05, 0.1) is 0 Å². The lowest BCUT2D eigenvalue weighted by molar-refractivity contribution is 0.103. The number of halogens is 2. The normalized spacial score (nSPS) is 20.0. The van der Waals surface area contributed by atoms with Crippen LogP contribution in [0.3, 0.4) is 0 Å². The Morgan fingerprint density at radius 3 is 2.67 bits per heavy atom. The van der Waals surface area contributed by atoms with E-state index in [0.29, 0.717) is 6.04 Å². The fourth-order valence-corrected chi connectivity index (χ4v) is 2.35. The van der Waals surface area contributed by atoms with Gasteiger partial charge >= 0.3 is 0 Å². The fourth-order valence-electron chi connectivity index (χ4n) is 1.90. The number of hydrogen-bond donors (Lipinski definition) is 1. The van der Waals surface area contributed by atoms with Crippen molar-refractivity contribution in [3.8, 4) is 0 Å². The Bertz CT molecular complexity index is 362. The third-order valence-corrected chi connectivity index (χ3v) is 3.47. The van der Waals surface area contributed by atoms with Crippen molar-refractivity contribution in [3.05, 3.63) is 33.8 Å². The van der Waals surface area contributed by atoms with Crippen LogP contribution in [-0.4, -0.2) is 24.0 Å². The summed E-state index contributed by atoms with van der Waals surface area (Å²) in [5.41, 5.74) is 6.83. The quantitative estimate of drug-likeness (QED) is 0.867. The molecule has 2 N–H and O–H groups in total. The zero-order valence-corrected chi connectivity index (χ0v) is 10.1. The molecule has 0 spiro atoms. The second-order valence-electron chi connectivity index (χ2n) is 4.06. The van der Waals surface area contributed by atoms with Crippen molar-refractivity contribution in [3.63, 3.8) is 0 Å². The second-order valence-corrected chi connectivity index (χ2v) is 4.90. The Morgan fingerprint density at radius 1 is 1.40 bits per heavy atom. The van der Waals surface area contributed by atoms with Crippen LogP contribution in [0.4, 0.5) is 0 Å². The van der Waals surface area contributed by atoms with Crippen LogP contribution in [0.2, 0.25) is 10.0 Å². The van der Waals surface area contributed by atoms with E-state index < -0.39 is 0 Å². The van der Waals surface area contributed by atoms with Crippen LogP contribution in [0.5, 0.6) is 0 Å². The molecule has 1 aromatic rings. The first-order valence-electron chi connectivity index (χ1n) is 5.02. The lowest BCUT2D eigenvalue weighted by atomic mass is 10.0. The number of nitrogens with two attached hydrogens (primary N) is 1. The maximum atomic E-state index is 6.14. The third kappa shape index (κ3) is 2.28. The summed E-state index contributed by atoms with van der Waals surface area (Å²) in [6.07, 6.45) is 0. The third-order valence-electron chi connectivity index (χ3n) is 2.89. The van der Waals surface area contributed by atoms with Crippen LogP contribution < -0.4 is 5.73 Å². The highest BCUT2D eigenvalue weighted by atomic mass is 35.5. The van der Waals surface area contributed by atoms with Gasteiger partial charge in [0.15, 0.2) is 0 Å². The molecule has 0 aliphatic carbocycles. The highest BCUT2D eigenvalue weighted by Crippen LogP contribution is 2.31. The Balaban J connectivity index is 2.17. The van der Waals surface area contributed by atoms with Crippen LogP contribution in [-0.2, 0) is 0 Å². The summed E-state index contributed by atoms with van der Waals surface area (Å²) in [7, 11) is 0. The molecule has 4 heteroatoms. The van der Waals surface area contributed by atoms with Gasteiger partial charge in [0, 0.05) is 35.2 Å². The van der Waals surface area contributed by atoms with Gasteiger partial charge in [-0.25, -0.2) is 0 Å². The van der Waals surface area contributed by atoms with Gasteiger partial charge in [-0.2, -0.15) is 0 Å². The van der Waals surface area contributed by atoms with Gasteiger partial charge in [-0.05, 0) is 30.7 Å². The van der Waals surface area contributed by atoms with E-state index in [2.05, 4.69) is 11.8 Å². The van der Waals surface area contributed by atoms with Gasteiger partial charge in [0.2, 0.25) is 0 Å². The van der Waals surface area contributed by atoms with Crippen LogP contribution in [0, 0.1) is 0 Å². The van der Waals surface area contributed by atoms with E-state index in [1.54, 1.807) is 0 Å². The molecule has 15 heavy (non-hydrogen) atoms. The van der Waals surface area contributed by atoms with E-state index >= 15 is 0 Å². The zero-order valence-electron chi connectivity index (χ0n) is 8.58. The van der Waals surface area contributed by atoms with E-state index in [-0.39, 0.29) is 6.04 Å². The summed E-state index contributed by atoms with van der Waals surface area (Å²) in [5.74, 6) is 0. The molecule has 2 rings (SSSR count). The van der Waals surface area contributed by atoms with Crippen molar-refractivity contribution in [2.75, 3.05) is 13.1 Å². The van der Waals surface area contributed by atoms with E-state index in [9.17, 15) is 0 Å². The van der Waals surface area contributed by atoms with Crippen LogP contribution in [0.15, 0.2) is 18.2 Å². The van der Waals surface area contributed by atoms with E-state index in [4.69, 9.17) is 28.9 Å². The van der Waals surface area contributed by atoms with E-state index in [0.717, 1.165) is 28.7 Å². The predicted octanol–water partition coefficient (Wildman–Crippen LogP) is 2.70. The first-order valence-corrected chi connectivity index (χ1v) is 5.78. The summed E-state index contributed by atoms with van der Waals surface area (Å²) < 4.78 is 0. The minimum atomic E-state index is 0.288. The lowest BCUT2D eigenvalue weighted by Crippen LogP contribution is -2.56. The summed E-state index contributed by atoms with van der Waals surface area (Å²) in [6.45, 7) is 4.00. The molecule has 0 bridgehead atoms. The molecular weight excluding hydrogens is 231 g/mol. The summed E-state index contributed by atoms with van der Waals surface area (Å²) in [6, 6.07) is 6.18. The molecule has 1 aromatic carbocycles. The molecule has 1 heterocycles. The molecule has 0 aromatic heterocycles. The predicted molar refractivity (Wildman–Crippen MR) is 64.4 cm³/mol. The van der Waals surface area contributed by atoms with Gasteiger partial charge in [0.25, 0.3) is 0 Å². The molecule has 0 amide bonds. The van der Waals surface area contributed by atoms with Gasteiger partial charge in [0.1, 0.15) is 0 Å². The lowest BCUT2D eigenvalue weighted by Gasteiger charge is -2.41. The van der Waals surface area contributed by atoms with E-state index in [1.807, 2.05) is 18.2 Å². The molecule has 0 radical (unpaired) electrons. The smallest absolute Gasteiger partial charge is 0.0454 e. The van der Waals surface area contributed by atoms with Crippen molar-refractivity contribution in [2.45, 2.75) is 19.0 Å². The molecule has 1 atom stereocenters. The van der Waals surface area contributed by atoms with Crippen molar-refractivity contribution < 1.29 is 0 Å².